The van der Waals surface area contributed by atoms with Crippen molar-refractivity contribution in [3.05, 3.63) is 54.0 Å². The number of benzene rings is 1. The Morgan fingerprint density at radius 1 is 1.32 bits per heavy atom. The number of amides is 1. The summed E-state index contributed by atoms with van der Waals surface area (Å²) in [6.45, 7) is 3.31. The van der Waals surface area contributed by atoms with E-state index in [0.717, 1.165) is 24.2 Å². The van der Waals surface area contributed by atoms with E-state index >= 15 is 0 Å². The van der Waals surface area contributed by atoms with E-state index in [2.05, 4.69) is 28.3 Å². The second-order valence-electron chi connectivity index (χ2n) is 5.80. The Morgan fingerprint density at radius 3 is 3.00 bits per heavy atom. The molecule has 1 amide bonds. The zero-order chi connectivity index (χ0) is 15.1. The van der Waals surface area contributed by atoms with Gasteiger partial charge in [-0.05, 0) is 31.0 Å². The largest absolute Gasteiger partial charge is 0.357 e. The third-order valence-corrected chi connectivity index (χ3v) is 4.47. The number of nitrogens with zero attached hydrogens (tertiary/aromatic N) is 3. The van der Waals surface area contributed by atoms with Gasteiger partial charge in [0.15, 0.2) is 0 Å². The Hall–Kier alpha value is -2.56. The highest BCUT2D eigenvalue weighted by atomic mass is 16.2. The van der Waals surface area contributed by atoms with Crippen molar-refractivity contribution in [2.75, 3.05) is 6.54 Å². The van der Waals surface area contributed by atoms with Crippen LogP contribution in [0.5, 0.6) is 0 Å². The summed E-state index contributed by atoms with van der Waals surface area (Å²) >= 11 is 0. The quantitative estimate of drug-likeness (QED) is 0.789. The van der Waals surface area contributed by atoms with E-state index in [9.17, 15) is 4.79 Å². The van der Waals surface area contributed by atoms with Gasteiger partial charge in [0, 0.05) is 35.5 Å². The van der Waals surface area contributed by atoms with Gasteiger partial charge in [-0.15, -0.1) is 0 Å². The topological polar surface area (TPSA) is 53.9 Å². The molecular formula is C17H18N4O. The van der Waals surface area contributed by atoms with Gasteiger partial charge in [-0.2, -0.15) is 5.10 Å². The number of rotatable bonds is 2. The summed E-state index contributed by atoms with van der Waals surface area (Å²) in [6, 6.07) is 9.91. The van der Waals surface area contributed by atoms with E-state index in [4.69, 9.17) is 0 Å². The standard InChI is InChI=1S/C17H18N4O/c1-12(21-9-4-8-18-21)17(22)20-10-7-14-13-5-2-3-6-15(13)19-16(14)11-20/h2-6,8-9,12,19H,7,10-11H2,1H3/t12-/m1/s1. The number of fused-ring (bicyclic) bond motifs is 3. The van der Waals surface area contributed by atoms with E-state index in [1.165, 1.54) is 10.9 Å². The van der Waals surface area contributed by atoms with E-state index in [0.29, 0.717) is 6.54 Å². The Bertz CT molecular complexity index is 818. The summed E-state index contributed by atoms with van der Waals surface area (Å²) in [7, 11) is 0. The molecule has 2 aromatic heterocycles. The zero-order valence-corrected chi connectivity index (χ0v) is 12.5. The maximum atomic E-state index is 12.7. The Kier molecular flexibility index (Phi) is 2.99. The molecule has 0 fully saturated rings. The fourth-order valence-corrected chi connectivity index (χ4v) is 3.27. The Morgan fingerprint density at radius 2 is 2.18 bits per heavy atom. The summed E-state index contributed by atoms with van der Waals surface area (Å²) in [4.78, 5) is 18.1. The minimum Gasteiger partial charge on any atom is -0.357 e. The number of para-hydroxylation sites is 1. The molecule has 112 valence electrons. The number of carbonyl (C=O) groups is 1. The maximum Gasteiger partial charge on any atom is 0.247 e. The van der Waals surface area contributed by atoms with Crippen LogP contribution >= 0.6 is 0 Å². The second-order valence-corrected chi connectivity index (χ2v) is 5.80. The van der Waals surface area contributed by atoms with Crippen LogP contribution in [0.15, 0.2) is 42.7 Å². The average Bonchev–Trinajstić information content (AvgIpc) is 3.20. The van der Waals surface area contributed by atoms with Crippen molar-refractivity contribution in [3.63, 3.8) is 0 Å². The number of H-pyrrole nitrogens is 1. The van der Waals surface area contributed by atoms with Crippen LogP contribution in [0, 0.1) is 0 Å². The predicted molar refractivity (Wildman–Crippen MR) is 84.4 cm³/mol. The third kappa shape index (κ3) is 2.01. The first kappa shape index (κ1) is 13.1. The monoisotopic (exact) mass is 294 g/mol. The van der Waals surface area contributed by atoms with Crippen LogP contribution in [-0.4, -0.2) is 32.1 Å². The highest BCUT2D eigenvalue weighted by Gasteiger charge is 2.27. The van der Waals surface area contributed by atoms with E-state index in [-0.39, 0.29) is 11.9 Å². The zero-order valence-electron chi connectivity index (χ0n) is 12.5. The molecule has 1 atom stereocenters. The molecule has 1 aliphatic rings. The van der Waals surface area contributed by atoms with Crippen molar-refractivity contribution in [3.8, 4) is 0 Å². The van der Waals surface area contributed by atoms with E-state index < -0.39 is 0 Å². The van der Waals surface area contributed by atoms with Crippen LogP contribution in [0.1, 0.15) is 24.2 Å². The molecule has 0 saturated carbocycles. The number of aromatic amines is 1. The average molecular weight is 294 g/mol. The molecular weight excluding hydrogens is 276 g/mol. The van der Waals surface area contributed by atoms with Crippen molar-refractivity contribution in [1.82, 2.24) is 19.7 Å². The van der Waals surface area contributed by atoms with Gasteiger partial charge < -0.3 is 9.88 Å². The van der Waals surface area contributed by atoms with Gasteiger partial charge in [0.1, 0.15) is 6.04 Å². The van der Waals surface area contributed by atoms with Crippen molar-refractivity contribution >= 4 is 16.8 Å². The SMILES string of the molecule is C[C@H](C(=O)N1CCc2c([nH]c3ccccc23)C1)n1cccn1. The highest BCUT2D eigenvalue weighted by molar-refractivity contribution is 5.86. The van der Waals surface area contributed by atoms with Crippen LogP contribution in [0.3, 0.4) is 0 Å². The molecule has 1 N–H and O–H groups in total. The fraction of sp³-hybridized carbons (Fsp3) is 0.294. The Labute approximate surface area is 128 Å². The molecule has 1 aliphatic heterocycles. The van der Waals surface area contributed by atoms with Gasteiger partial charge in [0.05, 0.1) is 6.54 Å². The first-order valence-corrected chi connectivity index (χ1v) is 7.60. The first-order valence-electron chi connectivity index (χ1n) is 7.60. The molecule has 5 nitrogen and oxygen atoms in total. The molecule has 3 heterocycles. The minimum absolute atomic E-state index is 0.119. The van der Waals surface area contributed by atoms with Crippen LogP contribution < -0.4 is 0 Å². The smallest absolute Gasteiger partial charge is 0.247 e. The van der Waals surface area contributed by atoms with Crippen molar-refractivity contribution in [2.45, 2.75) is 25.9 Å². The summed E-state index contributed by atoms with van der Waals surface area (Å²) in [5.41, 5.74) is 3.67. The van der Waals surface area contributed by atoms with E-state index in [1.54, 1.807) is 10.9 Å². The lowest BCUT2D eigenvalue weighted by molar-refractivity contribution is -0.135. The normalized spacial score (nSPS) is 15.8. The first-order chi connectivity index (χ1) is 10.7. The van der Waals surface area contributed by atoms with Crippen molar-refractivity contribution < 1.29 is 4.79 Å². The number of nitrogens with one attached hydrogen (secondary N) is 1. The number of hydrogen-bond acceptors (Lipinski definition) is 2. The van der Waals surface area contributed by atoms with Crippen molar-refractivity contribution in [1.29, 1.82) is 0 Å². The van der Waals surface area contributed by atoms with Crippen LogP contribution in [-0.2, 0) is 17.8 Å². The Balaban J connectivity index is 1.60. The lowest BCUT2D eigenvalue weighted by Crippen LogP contribution is -2.39. The van der Waals surface area contributed by atoms with Crippen LogP contribution in [0.25, 0.3) is 10.9 Å². The summed E-state index contributed by atoms with van der Waals surface area (Å²) < 4.78 is 1.71. The minimum atomic E-state index is -0.263. The van der Waals surface area contributed by atoms with Gasteiger partial charge in [0.2, 0.25) is 5.91 Å². The molecule has 0 bridgehead atoms. The van der Waals surface area contributed by atoms with Gasteiger partial charge in [-0.25, -0.2) is 0 Å². The lowest BCUT2D eigenvalue weighted by atomic mass is 10.0. The third-order valence-electron chi connectivity index (χ3n) is 4.47. The molecule has 4 rings (SSSR count). The lowest BCUT2D eigenvalue weighted by Gasteiger charge is -2.29. The summed E-state index contributed by atoms with van der Waals surface area (Å²) in [6.07, 6.45) is 4.44. The summed E-state index contributed by atoms with van der Waals surface area (Å²) in [5.74, 6) is 0.119. The molecule has 0 spiro atoms. The molecule has 1 aromatic carbocycles. The van der Waals surface area contributed by atoms with Crippen LogP contribution in [0.4, 0.5) is 0 Å². The molecule has 0 unspecified atom stereocenters. The molecule has 3 aromatic rings. The van der Waals surface area contributed by atoms with E-state index in [1.807, 2.05) is 30.2 Å². The second kappa shape index (κ2) is 5.02. The molecule has 22 heavy (non-hydrogen) atoms. The van der Waals surface area contributed by atoms with Gasteiger partial charge in [-0.1, -0.05) is 18.2 Å². The molecule has 0 aliphatic carbocycles. The summed E-state index contributed by atoms with van der Waals surface area (Å²) in [5, 5.41) is 5.45. The van der Waals surface area contributed by atoms with Crippen molar-refractivity contribution in [2.24, 2.45) is 0 Å². The maximum absolute atomic E-state index is 12.7. The number of aromatic nitrogens is 3. The van der Waals surface area contributed by atoms with Gasteiger partial charge in [0.25, 0.3) is 0 Å². The van der Waals surface area contributed by atoms with Gasteiger partial charge >= 0.3 is 0 Å². The molecule has 5 heteroatoms. The van der Waals surface area contributed by atoms with Gasteiger partial charge in [-0.3, -0.25) is 9.48 Å². The molecule has 0 radical (unpaired) electrons. The fourth-order valence-electron chi connectivity index (χ4n) is 3.27. The van der Waals surface area contributed by atoms with Crippen LogP contribution in [0.2, 0.25) is 0 Å². The predicted octanol–water partition coefficient (Wildman–Crippen LogP) is 2.51. The molecule has 0 saturated heterocycles. The number of hydrogen-bond donors (Lipinski definition) is 1. The highest BCUT2D eigenvalue weighted by Crippen LogP contribution is 2.28. The number of carbonyl (C=O) groups excluding carboxylic acids is 1.